The van der Waals surface area contributed by atoms with Crippen LogP contribution in [0.4, 0.5) is 5.69 Å². The normalized spacial score (nSPS) is 14.9. The summed E-state index contributed by atoms with van der Waals surface area (Å²) in [5, 5.41) is 9.62. The van der Waals surface area contributed by atoms with Gasteiger partial charge in [0.1, 0.15) is 0 Å². The Labute approximate surface area is 168 Å². The Morgan fingerprint density at radius 1 is 1.18 bits per heavy atom. The summed E-state index contributed by atoms with van der Waals surface area (Å²) in [6, 6.07) is 7.95. The molecule has 1 amide bonds. The van der Waals surface area contributed by atoms with Crippen LogP contribution in [-0.2, 0) is 20.8 Å². The molecule has 0 heterocycles. The molecule has 0 radical (unpaired) electrons. The SMILES string of the molecule is CN=C(NCCCOCCOC)NCc1cccc(NC(=O)C2CCCC2)c1. The van der Waals surface area contributed by atoms with Gasteiger partial charge in [-0.3, -0.25) is 9.79 Å². The van der Waals surface area contributed by atoms with E-state index in [0.717, 1.165) is 55.9 Å². The Morgan fingerprint density at radius 3 is 2.75 bits per heavy atom. The quantitative estimate of drug-likeness (QED) is 0.307. The summed E-state index contributed by atoms with van der Waals surface area (Å²) in [5.41, 5.74) is 1.95. The first-order chi connectivity index (χ1) is 13.7. The Bertz CT molecular complexity index is 615. The topological polar surface area (TPSA) is 84.0 Å². The van der Waals surface area contributed by atoms with Crippen LogP contribution in [0.1, 0.15) is 37.7 Å². The maximum Gasteiger partial charge on any atom is 0.227 e. The zero-order valence-corrected chi connectivity index (χ0v) is 17.1. The number of methoxy groups -OCH3 is 1. The number of nitrogens with zero attached hydrogens (tertiary/aromatic N) is 1. The molecule has 7 heteroatoms. The van der Waals surface area contributed by atoms with Gasteiger partial charge in [0.15, 0.2) is 5.96 Å². The van der Waals surface area contributed by atoms with Gasteiger partial charge in [-0.05, 0) is 37.0 Å². The lowest BCUT2D eigenvalue weighted by molar-refractivity contribution is -0.119. The number of hydrogen-bond donors (Lipinski definition) is 3. The number of guanidine groups is 1. The molecule has 1 aromatic carbocycles. The molecule has 0 aromatic heterocycles. The lowest BCUT2D eigenvalue weighted by Gasteiger charge is -2.14. The smallest absolute Gasteiger partial charge is 0.227 e. The van der Waals surface area contributed by atoms with Crippen LogP contribution in [0, 0.1) is 5.92 Å². The standard InChI is InChI=1S/C21H34N4O3/c1-22-21(23-11-6-12-28-14-13-27-2)24-16-17-7-5-10-19(15-17)25-20(26)18-8-3-4-9-18/h5,7,10,15,18H,3-4,6,8-9,11-14,16H2,1-2H3,(H,25,26)(H2,22,23,24). The van der Waals surface area contributed by atoms with Gasteiger partial charge in [-0.25, -0.2) is 0 Å². The molecule has 156 valence electrons. The molecule has 0 unspecified atom stereocenters. The Balaban J connectivity index is 1.69. The fourth-order valence-electron chi connectivity index (χ4n) is 3.22. The number of rotatable bonds is 11. The number of anilines is 1. The molecule has 2 rings (SSSR count). The van der Waals surface area contributed by atoms with Crippen LogP contribution in [0.5, 0.6) is 0 Å². The van der Waals surface area contributed by atoms with E-state index in [1.807, 2.05) is 24.3 Å². The second-order valence-electron chi connectivity index (χ2n) is 6.98. The van der Waals surface area contributed by atoms with E-state index in [1.54, 1.807) is 14.2 Å². The summed E-state index contributed by atoms with van der Waals surface area (Å²) < 4.78 is 10.4. The number of carbonyl (C=O) groups excluding carboxylic acids is 1. The van der Waals surface area contributed by atoms with Gasteiger partial charge in [-0.2, -0.15) is 0 Å². The minimum Gasteiger partial charge on any atom is -0.382 e. The number of aliphatic imine (C=N–C) groups is 1. The highest BCUT2D eigenvalue weighted by Gasteiger charge is 2.22. The number of benzene rings is 1. The number of ether oxygens (including phenoxy) is 2. The largest absolute Gasteiger partial charge is 0.382 e. The molecular weight excluding hydrogens is 356 g/mol. The van der Waals surface area contributed by atoms with Gasteiger partial charge in [0.05, 0.1) is 13.2 Å². The van der Waals surface area contributed by atoms with Gasteiger partial charge >= 0.3 is 0 Å². The zero-order valence-electron chi connectivity index (χ0n) is 17.1. The first-order valence-corrected chi connectivity index (χ1v) is 10.1. The highest BCUT2D eigenvalue weighted by atomic mass is 16.5. The molecule has 1 aliphatic carbocycles. The van der Waals surface area contributed by atoms with Crippen molar-refractivity contribution in [3.8, 4) is 0 Å². The van der Waals surface area contributed by atoms with E-state index < -0.39 is 0 Å². The predicted octanol–water partition coefficient (Wildman–Crippen LogP) is 2.53. The third-order valence-electron chi connectivity index (χ3n) is 4.79. The lowest BCUT2D eigenvalue weighted by Crippen LogP contribution is -2.37. The van der Waals surface area contributed by atoms with Gasteiger partial charge < -0.3 is 25.4 Å². The van der Waals surface area contributed by atoms with Crippen LogP contribution < -0.4 is 16.0 Å². The summed E-state index contributed by atoms with van der Waals surface area (Å²) in [4.78, 5) is 16.5. The third-order valence-corrected chi connectivity index (χ3v) is 4.79. The highest BCUT2D eigenvalue weighted by Crippen LogP contribution is 2.26. The molecule has 0 saturated heterocycles. The summed E-state index contributed by atoms with van der Waals surface area (Å²) in [7, 11) is 3.42. The highest BCUT2D eigenvalue weighted by molar-refractivity contribution is 5.92. The zero-order chi connectivity index (χ0) is 20.0. The predicted molar refractivity (Wildman–Crippen MR) is 113 cm³/mol. The van der Waals surface area contributed by atoms with Crippen LogP contribution in [-0.4, -0.2) is 52.4 Å². The fraction of sp³-hybridized carbons (Fsp3) is 0.619. The molecule has 1 aromatic rings. The van der Waals surface area contributed by atoms with Gasteiger partial charge in [0, 0.05) is 45.5 Å². The van der Waals surface area contributed by atoms with Crippen molar-refractivity contribution in [1.82, 2.24) is 10.6 Å². The minimum atomic E-state index is 0.146. The minimum absolute atomic E-state index is 0.146. The second-order valence-corrected chi connectivity index (χ2v) is 6.98. The summed E-state index contributed by atoms with van der Waals surface area (Å²) in [5.74, 6) is 1.06. The molecule has 1 aliphatic rings. The number of hydrogen-bond acceptors (Lipinski definition) is 4. The van der Waals surface area contributed by atoms with E-state index in [-0.39, 0.29) is 11.8 Å². The summed E-state index contributed by atoms with van der Waals surface area (Å²) in [6.45, 7) is 3.35. The first-order valence-electron chi connectivity index (χ1n) is 10.1. The Kier molecular flexibility index (Phi) is 10.4. The van der Waals surface area contributed by atoms with Crippen molar-refractivity contribution in [3.05, 3.63) is 29.8 Å². The fourth-order valence-corrected chi connectivity index (χ4v) is 3.22. The van der Waals surface area contributed by atoms with Crippen molar-refractivity contribution in [2.75, 3.05) is 45.8 Å². The van der Waals surface area contributed by atoms with Gasteiger partial charge in [0.2, 0.25) is 5.91 Å². The average molecular weight is 391 g/mol. The molecular formula is C21H34N4O3. The van der Waals surface area contributed by atoms with Crippen molar-refractivity contribution in [1.29, 1.82) is 0 Å². The third kappa shape index (κ3) is 8.27. The van der Waals surface area contributed by atoms with E-state index in [4.69, 9.17) is 9.47 Å². The Hall–Kier alpha value is -2.12. The van der Waals surface area contributed by atoms with Gasteiger partial charge in [-0.15, -0.1) is 0 Å². The molecule has 1 saturated carbocycles. The van der Waals surface area contributed by atoms with E-state index >= 15 is 0 Å². The van der Waals surface area contributed by atoms with E-state index in [9.17, 15) is 4.79 Å². The first kappa shape index (κ1) is 22.2. The van der Waals surface area contributed by atoms with E-state index in [2.05, 4.69) is 20.9 Å². The Morgan fingerprint density at radius 2 is 2.00 bits per heavy atom. The van der Waals surface area contributed by atoms with Crippen molar-refractivity contribution < 1.29 is 14.3 Å². The number of carbonyl (C=O) groups is 1. The summed E-state index contributed by atoms with van der Waals surface area (Å²) in [6.07, 6.45) is 5.23. The molecule has 0 aliphatic heterocycles. The number of amides is 1. The van der Waals surface area contributed by atoms with Crippen molar-refractivity contribution >= 4 is 17.6 Å². The monoisotopic (exact) mass is 390 g/mol. The van der Waals surface area contributed by atoms with Crippen LogP contribution in [0.2, 0.25) is 0 Å². The maximum absolute atomic E-state index is 12.3. The molecule has 0 bridgehead atoms. The second kappa shape index (κ2) is 13.1. The van der Waals surface area contributed by atoms with Crippen LogP contribution in [0.15, 0.2) is 29.3 Å². The van der Waals surface area contributed by atoms with Crippen LogP contribution in [0.25, 0.3) is 0 Å². The number of nitrogens with one attached hydrogen (secondary N) is 3. The van der Waals surface area contributed by atoms with Crippen molar-refractivity contribution in [3.63, 3.8) is 0 Å². The van der Waals surface area contributed by atoms with Crippen molar-refractivity contribution in [2.24, 2.45) is 10.9 Å². The molecule has 7 nitrogen and oxygen atoms in total. The van der Waals surface area contributed by atoms with E-state index in [0.29, 0.717) is 26.4 Å². The summed E-state index contributed by atoms with van der Waals surface area (Å²) >= 11 is 0. The molecule has 28 heavy (non-hydrogen) atoms. The van der Waals surface area contributed by atoms with Gasteiger partial charge in [0.25, 0.3) is 0 Å². The lowest BCUT2D eigenvalue weighted by atomic mass is 10.1. The van der Waals surface area contributed by atoms with Crippen LogP contribution >= 0.6 is 0 Å². The maximum atomic E-state index is 12.3. The average Bonchev–Trinajstić information content (AvgIpc) is 3.25. The van der Waals surface area contributed by atoms with E-state index in [1.165, 1.54) is 0 Å². The van der Waals surface area contributed by atoms with Crippen molar-refractivity contribution in [2.45, 2.75) is 38.6 Å². The van der Waals surface area contributed by atoms with Crippen LogP contribution in [0.3, 0.4) is 0 Å². The molecule has 0 spiro atoms. The molecule has 0 atom stereocenters. The van der Waals surface area contributed by atoms with Gasteiger partial charge in [-0.1, -0.05) is 25.0 Å². The molecule has 1 fully saturated rings. The molecule has 3 N–H and O–H groups in total.